The van der Waals surface area contributed by atoms with Crippen LogP contribution in [-0.4, -0.2) is 26.1 Å². The summed E-state index contributed by atoms with van der Waals surface area (Å²) in [7, 11) is 0. The van der Waals surface area contributed by atoms with Crippen LogP contribution in [0.25, 0.3) is 16.7 Å². The maximum absolute atomic E-state index is 13.8. The van der Waals surface area contributed by atoms with E-state index >= 15 is 0 Å². The fraction of sp³-hybridized carbons (Fsp3) is 0.0476. The second-order valence-corrected chi connectivity index (χ2v) is 7.64. The highest BCUT2D eigenvalue weighted by Crippen LogP contribution is 2.30. The number of nitrogens with zero attached hydrogens (tertiary/aromatic N) is 3. The molecule has 0 unspecified atom stereocenters. The average molecular weight is 476 g/mol. The van der Waals surface area contributed by atoms with E-state index in [1.807, 2.05) is 0 Å². The monoisotopic (exact) mass is 476 g/mol. The number of anilines is 1. The van der Waals surface area contributed by atoms with E-state index < -0.39 is 39.8 Å². The van der Waals surface area contributed by atoms with Crippen molar-refractivity contribution in [3.05, 3.63) is 88.0 Å². The average Bonchev–Trinajstić information content (AvgIpc) is 3.16. The second kappa shape index (κ2) is 8.90. The van der Waals surface area contributed by atoms with E-state index in [1.54, 1.807) is 4.57 Å². The van der Waals surface area contributed by atoms with E-state index in [2.05, 4.69) is 10.3 Å². The van der Waals surface area contributed by atoms with Gasteiger partial charge in [-0.1, -0.05) is 11.8 Å². The Bertz CT molecular complexity index is 1390. The summed E-state index contributed by atoms with van der Waals surface area (Å²) in [4.78, 5) is 27.2. The van der Waals surface area contributed by atoms with Gasteiger partial charge in [0.2, 0.25) is 5.91 Å². The lowest BCUT2D eigenvalue weighted by atomic mass is 10.2. The van der Waals surface area contributed by atoms with Crippen LogP contribution >= 0.6 is 11.8 Å². The van der Waals surface area contributed by atoms with E-state index in [0.29, 0.717) is 17.3 Å². The Hall–Kier alpha value is -3.93. The van der Waals surface area contributed by atoms with Crippen molar-refractivity contribution in [3.8, 4) is 5.69 Å². The number of halogens is 4. The number of fused-ring (bicyclic) bond motifs is 1. The van der Waals surface area contributed by atoms with E-state index in [4.69, 9.17) is 0 Å². The van der Waals surface area contributed by atoms with E-state index in [1.165, 1.54) is 42.5 Å². The Labute approximate surface area is 187 Å². The Morgan fingerprint density at radius 1 is 1.03 bits per heavy atom. The normalized spacial score (nSPS) is 11.0. The van der Waals surface area contributed by atoms with Crippen LogP contribution in [0.1, 0.15) is 0 Å². The fourth-order valence-electron chi connectivity index (χ4n) is 3.04. The third kappa shape index (κ3) is 4.51. The predicted octanol–water partition coefficient (Wildman–Crippen LogP) is 5.22. The first-order valence-electron chi connectivity index (χ1n) is 9.23. The molecular formula is C21H12F4N4O3S. The minimum absolute atomic E-state index is 0.186. The number of amides is 1. The van der Waals surface area contributed by atoms with Gasteiger partial charge < -0.3 is 5.32 Å². The maximum atomic E-state index is 13.8. The molecule has 3 aromatic carbocycles. The lowest BCUT2D eigenvalue weighted by Gasteiger charge is -2.10. The molecule has 12 heteroatoms. The van der Waals surface area contributed by atoms with Crippen molar-refractivity contribution in [2.45, 2.75) is 5.16 Å². The molecule has 4 aromatic rings. The van der Waals surface area contributed by atoms with Crippen molar-refractivity contribution in [3.63, 3.8) is 0 Å². The molecule has 33 heavy (non-hydrogen) atoms. The number of nitro groups is 1. The van der Waals surface area contributed by atoms with Gasteiger partial charge in [0.15, 0.2) is 22.6 Å². The molecule has 0 saturated carbocycles. The molecule has 0 atom stereocenters. The van der Waals surface area contributed by atoms with Gasteiger partial charge in [0.05, 0.1) is 27.4 Å². The number of nitrogens with one attached hydrogen (secondary N) is 1. The molecule has 168 valence electrons. The van der Waals surface area contributed by atoms with E-state index in [9.17, 15) is 32.5 Å². The summed E-state index contributed by atoms with van der Waals surface area (Å²) in [5.74, 6) is -6.12. The highest BCUT2D eigenvalue weighted by Gasteiger charge is 2.19. The number of non-ortho nitro benzene ring substituents is 1. The van der Waals surface area contributed by atoms with Gasteiger partial charge in [-0.25, -0.2) is 22.5 Å². The summed E-state index contributed by atoms with van der Waals surface area (Å²) in [6.45, 7) is 0. The minimum Gasteiger partial charge on any atom is -0.323 e. The van der Waals surface area contributed by atoms with Crippen LogP contribution in [0.5, 0.6) is 0 Å². The molecule has 0 fully saturated rings. The molecule has 0 aliphatic rings. The SMILES string of the molecule is O=C(CSc1nc2cc([N+](=O)[O-])ccc2n1-c1ccc(F)cc1)Nc1ccc(F)c(F)c1F. The Kier molecular flexibility index (Phi) is 6.01. The number of imidazole rings is 1. The molecule has 7 nitrogen and oxygen atoms in total. The number of nitro benzene ring substituents is 1. The van der Waals surface area contributed by atoms with Crippen LogP contribution < -0.4 is 5.32 Å². The molecule has 0 bridgehead atoms. The first-order valence-corrected chi connectivity index (χ1v) is 10.2. The predicted molar refractivity (Wildman–Crippen MR) is 113 cm³/mol. The summed E-state index contributed by atoms with van der Waals surface area (Å²) in [5, 5.41) is 13.5. The molecule has 0 aliphatic heterocycles. The third-order valence-corrected chi connectivity index (χ3v) is 5.48. The highest BCUT2D eigenvalue weighted by molar-refractivity contribution is 7.99. The van der Waals surface area contributed by atoms with Crippen molar-refractivity contribution in [2.75, 3.05) is 11.1 Å². The van der Waals surface area contributed by atoms with Gasteiger partial charge in [-0.15, -0.1) is 0 Å². The first kappa shape index (κ1) is 22.3. The Balaban J connectivity index is 1.64. The summed E-state index contributed by atoms with van der Waals surface area (Å²) in [5.41, 5.74) is 0.517. The molecule has 0 saturated heterocycles. The molecular weight excluding hydrogens is 464 g/mol. The number of thioether (sulfide) groups is 1. The van der Waals surface area contributed by atoms with Crippen LogP contribution in [0.3, 0.4) is 0 Å². The number of rotatable bonds is 6. The molecule has 4 rings (SSSR count). The maximum Gasteiger partial charge on any atom is 0.271 e. The molecule has 0 spiro atoms. The first-order chi connectivity index (χ1) is 15.7. The van der Waals surface area contributed by atoms with E-state index in [0.717, 1.165) is 17.8 Å². The largest absolute Gasteiger partial charge is 0.323 e. The number of hydrogen-bond acceptors (Lipinski definition) is 5. The summed E-state index contributed by atoms with van der Waals surface area (Å²) >= 11 is 0.913. The zero-order chi connectivity index (χ0) is 23.7. The van der Waals surface area contributed by atoms with Gasteiger partial charge in [-0.3, -0.25) is 19.5 Å². The molecule has 0 radical (unpaired) electrons. The number of carbonyl (C=O) groups is 1. The lowest BCUT2D eigenvalue weighted by Crippen LogP contribution is -2.16. The Morgan fingerprint density at radius 3 is 2.45 bits per heavy atom. The van der Waals surface area contributed by atoms with Crippen molar-refractivity contribution in [1.29, 1.82) is 0 Å². The van der Waals surface area contributed by atoms with Crippen LogP contribution in [0.4, 0.5) is 28.9 Å². The summed E-state index contributed by atoms with van der Waals surface area (Å²) < 4.78 is 55.2. The van der Waals surface area contributed by atoms with Gasteiger partial charge >= 0.3 is 0 Å². The van der Waals surface area contributed by atoms with Crippen molar-refractivity contribution < 1.29 is 27.3 Å². The smallest absolute Gasteiger partial charge is 0.271 e. The number of aromatic nitrogens is 2. The minimum atomic E-state index is -1.71. The van der Waals surface area contributed by atoms with Crippen molar-refractivity contribution in [2.24, 2.45) is 0 Å². The van der Waals surface area contributed by atoms with Gasteiger partial charge in [-0.2, -0.15) is 0 Å². The van der Waals surface area contributed by atoms with Crippen LogP contribution in [-0.2, 0) is 4.79 Å². The third-order valence-electron chi connectivity index (χ3n) is 4.54. The molecule has 0 aliphatic carbocycles. The summed E-state index contributed by atoms with van der Waals surface area (Å²) in [6.07, 6.45) is 0. The van der Waals surface area contributed by atoms with Crippen LogP contribution in [0.15, 0.2) is 59.8 Å². The van der Waals surface area contributed by atoms with E-state index in [-0.39, 0.29) is 22.1 Å². The zero-order valence-corrected chi connectivity index (χ0v) is 17.2. The second-order valence-electron chi connectivity index (χ2n) is 6.70. The van der Waals surface area contributed by atoms with Gasteiger partial charge in [0, 0.05) is 17.8 Å². The van der Waals surface area contributed by atoms with Crippen LogP contribution in [0, 0.1) is 33.4 Å². The van der Waals surface area contributed by atoms with Gasteiger partial charge in [-0.05, 0) is 42.5 Å². The van der Waals surface area contributed by atoms with Gasteiger partial charge in [0.25, 0.3) is 5.69 Å². The Morgan fingerprint density at radius 2 is 1.76 bits per heavy atom. The topological polar surface area (TPSA) is 90.1 Å². The standard InChI is InChI=1S/C21H12F4N4O3S/c22-11-1-3-12(4-2-11)28-17-8-5-13(29(31)32)9-16(17)27-21(28)33-10-18(30)26-15-7-6-14(23)19(24)20(15)25/h1-9H,10H2,(H,26,30). The zero-order valence-electron chi connectivity index (χ0n) is 16.4. The molecule has 1 amide bonds. The van der Waals surface area contributed by atoms with Crippen LogP contribution in [0.2, 0.25) is 0 Å². The van der Waals surface area contributed by atoms with Crippen molar-refractivity contribution in [1.82, 2.24) is 9.55 Å². The van der Waals surface area contributed by atoms with Crippen molar-refractivity contribution >= 4 is 40.1 Å². The number of benzene rings is 3. The molecule has 1 aromatic heterocycles. The summed E-state index contributed by atoms with van der Waals surface area (Å²) in [6, 6.07) is 11.0. The van der Waals surface area contributed by atoms with Gasteiger partial charge in [0.1, 0.15) is 5.82 Å². The fourth-order valence-corrected chi connectivity index (χ4v) is 3.86. The molecule has 1 N–H and O–H groups in total. The number of carbonyl (C=O) groups excluding carboxylic acids is 1. The quantitative estimate of drug-likeness (QED) is 0.136. The lowest BCUT2D eigenvalue weighted by molar-refractivity contribution is -0.384. The molecule has 1 heterocycles. The number of hydrogen-bond donors (Lipinski definition) is 1. The highest BCUT2D eigenvalue weighted by atomic mass is 32.2.